The van der Waals surface area contributed by atoms with Gasteiger partial charge in [-0.25, -0.2) is 12.8 Å². The van der Waals surface area contributed by atoms with Crippen molar-refractivity contribution < 1.29 is 22.4 Å². The number of rotatable bonds is 7. The van der Waals surface area contributed by atoms with Crippen molar-refractivity contribution in [2.45, 2.75) is 44.0 Å². The Balaban J connectivity index is 1.89. The Morgan fingerprint density at radius 3 is 2.37 bits per heavy atom. The fourth-order valence-electron chi connectivity index (χ4n) is 2.91. The van der Waals surface area contributed by atoms with Crippen LogP contribution in [0.25, 0.3) is 0 Å². The maximum absolute atomic E-state index is 13.0. The van der Waals surface area contributed by atoms with E-state index in [9.17, 15) is 22.4 Å². The van der Waals surface area contributed by atoms with Gasteiger partial charge >= 0.3 is 0 Å². The largest absolute Gasteiger partial charge is 0.354 e. The number of benzene rings is 1. The second kappa shape index (κ2) is 9.27. The van der Waals surface area contributed by atoms with E-state index in [4.69, 9.17) is 0 Å². The molecule has 1 heterocycles. The molecule has 0 aromatic heterocycles. The minimum Gasteiger partial charge on any atom is -0.354 e. The standard InChI is InChI=1S/C18H26FN3O4S/c1-3-10-20-17(23)13(2)21-18(24)14-8-11-22(12-9-14)27(25,26)16-6-4-15(19)5-7-16/h4-7,13-14H,3,8-12H2,1-2H3,(H,20,23)(H,21,24). The van der Waals surface area contributed by atoms with E-state index in [1.54, 1.807) is 6.92 Å². The molecule has 1 atom stereocenters. The Morgan fingerprint density at radius 2 is 1.81 bits per heavy atom. The van der Waals surface area contributed by atoms with Gasteiger partial charge in [0.1, 0.15) is 11.9 Å². The van der Waals surface area contributed by atoms with E-state index in [0.717, 1.165) is 18.6 Å². The normalized spacial score (nSPS) is 17.3. The molecule has 2 amide bonds. The van der Waals surface area contributed by atoms with Gasteiger partial charge in [-0.1, -0.05) is 6.92 Å². The summed E-state index contributed by atoms with van der Waals surface area (Å²) in [6.45, 7) is 4.52. The van der Waals surface area contributed by atoms with E-state index in [0.29, 0.717) is 19.4 Å². The quantitative estimate of drug-likeness (QED) is 0.722. The Labute approximate surface area is 159 Å². The summed E-state index contributed by atoms with van der Waals surface area (Å²) < 4.78 is 39.5. The van der Waals surface area contributed by atoms with Crippen LogP contribution in [0.2, 0.25) is 0 Å². The van der Waals surface area contributed by atoms with E-state index in [1.165, 1.54) is 16.4 Å². The lowest BCUT2D eigenvalue weighted by Crippen LogP contribution is -2.49. The lowest BCUT2D eigenvalue weighted by atomic mass is 9.97. The van der Waals surface area contributed by atoms with Gasteiger partial charge in [0, 0.05) is 25.6 Å². The van der Waals surface area contributed by atoms with Crippen LogP contribution < -0.4 is 10.6 Å². The van der Waals surface area contributed by atoms with Gasteiger partial charge in [0.2, 0.25) is 21.8 Å². The van der Waals surface area contributed by atoms with Gasteiger partial charge in [-0.15, -0.1) is 0 Å². The molecular weight excluding hydrogens is 373 g/mol. The van der Waals surface area contributed by atoms with E-state index < -0.39 is 21.9 Å². The molecule has 7 nitrogen and oxygen atoms in total. The Kier molecular flexibility index (Phi) is 7.32. The average Bonchev–Trinajstić information content (AvgIpc) is 2.66. The van der Waals surface area contributed by atoms with Crippen LogP contribution in [-0.4, -0.2) is 50.2 Å². The van der Waals surface area contributed by atoms with Gasteiger partial charge in [-0.05, 0) is 50.5 Å². The lowest BCUT2D eigenvalue weighted by molar-refractivity contribution is -0.131. The fraction of sp³-hybridized carbons (Fsp3) is 0.556. The third-order valence-corrected chi connectivity index (χ3v) is 6.49. The molecule has 1 aliphatic heterocycles. The molecule has 1 aromatic rings. The third-order valence-electron chi connectivity index (χ3n) is 4.58. The Hall–Kier alpha value is -2.00. The van der Waals surface area contributed by atoms with Crippen molar-refractivity contribution in [3.8, 4) is 0 Å². The summed E-state index contributed by atoms with van der Waals surface area (Å²) >= 11 is 0. The minimum absolute atomic E-state index is 0.0352. The van der Waals surface area contributed by atoms with E-state index in [-0.39, 0.29) is 35.7 Å². The molecule has 9 heteroatoms. The van der Waals surface area contributed by atoms with Crippen LogP contribution in [0.1, 0.15) is 33.1 Å². The first kappa shape index (κ1) is 21.3. The second-order valence-corrected chi connectivity index (χ2v) is 8.59. The van der Waals surface area contributed by atoms with Crippen molar-refractivity contribution in [3.63, 3.8) is 0 Å². The summed E-state index contributed by atoms with van der Waals surface area (Å²) in [7, 11) is -3.70. The fourth-order valence-corrected chi connectivity index (χ4v) is 4.38. The number of hydrogen-bond acceptors (Lipinski definition) is 4. The Bertz CT molecular complexity index is 759. The highest BCUT2D eigenvalue weighted by Crippen LogP contribution is 2.24. The molecule has 150 valence electrons. The van der Waals surface area contributed by atoms with Gasteiger partial charge in [0.15, 0.2) is 0 Å². The van der Waals surface area contributed by atoms with Gasteiger partial charge < -0.3 is 10.6 Å². The number of sulfonamides is 1. The van der Waals surface area contributed by atoms with Crippen LogP contribution >= 0.6 is 0 Å². The third kappa shape index (κ3) is 5.49. The summed E-state index contributed by atoms with van der Waals surface area (Å²) in [6, 6.07) is 4.06. The molecule has 1 unspecified atom stereocenters. The molecule has 1 aliphatic rings. The van der Waals surface area contributed by atoms with Crippen molar-refractivity contribution >= 4 is 21.8 Å². The average molecular weight is 399 g/mol. The molecule has 27 heavy (non-hydrogen) atoms. The number of halogens is 1. The van der Waals surface area contributed by atoms with Crippen molar-refractivity contribution in [2.24, 2.45) is 5.92 Å². The molecule has 0 aliphatic carbocycles. The monoisotopic (exact) mass is 399 g/mol. The second-order valence-electron chi connectivity index (χ2n) is 6.65. The van der Waals surface area contributed by atoms with Crippen LogP contribution in [0.3, 0.4) is 0 Å². The zero-order chi connectivity index (χ0) is 20.0. The SMILES string of the molecule is CCCNC(=O)C(C)NC(=O)C1CCN(S(=O)(=O)c2ccc(F)cc2)CC1. The smallest absolute Gasteiger partial charge is 0.243 e. The first-order valence-electron chi connectivity index (χ1n) is 9.09. The Morgan fingerprint density at radius 1 is 1.22 bits per heavy atom. The van der Waals surface area contributed by atoms with E-state index >= 15 is 0 Å². The highest BCUT2D eigenvalue weighted by atomic mass is 32.2. The van der Waals surface area contributed by atoms with E-state index in [2.05, 4.69) is 10.6 Å². The lowest BCUT2D eigenvalue weighted by Gasteiger charge is -2.31. The molecule has 1 saturated heterocycles. The van der Waals surface area contributed by atoms with E-state index in [1.807, 2.05) is 6.92 Å². The highest BCUT2D eigenvalue weighted by molar-refractivity contribution is 7.89. The molecule has 2 rings (SSSR count). The van der Waals surface area contributed by atoms with Crippen molar-refractivity contribution in [3.05, 3.63) is 30.1 Å². The summed E-state index contributed by atoms with van der Waals surface area (Å²) in [5, 5.41) is 5.41. The molecule has 0 bridgehead atoms. The van der Waals surface area contributed by atoms with Gasteiger partial charge in [-0.2, -0.15) is 4.31 Å². The van der Waals surface area contributed by atoms with Crippen LogP contribution in [0.15, 0.2) is 29.2 Å². The first-order chi connectivity index (χ1) is 12.8. The zero-order valence-electron chi connectivity index (χ0n) is 15.6. The maximum Gasteiger partial charge on any atom is 0.243 e. The van der Waals surface area contributed by atoms with Crippen LogP contribution in [0, 0.1) is 11.7 Å². The predicted octanol–water partition coefficient (Wildman–Crippen LogP) is 1.26. The number of hydrogen-bond donors (Lipinski definition) is 2. The number of piperidine rings is 1. The maximum atomic E-state index is 13.0. The topological polar surface area (TPSA) is 95.6 Å². The van der Waals surface area contributed by atoms with Crippen molar-refractivity contribution in [2.75, 3.05) is 19.6 Å². The van der Waals surface area contributed by atoms with Crippen LogP contribution in [0.5, 0.6) is 0 Å². The van der Waals surface area contributed by atoms with Crippen molar-refractivity contribution in [1.29, 1.82) is 0 Å². The minimum atomic E-state index is -3.70. The first-order valence-corrected chi connectivity index (χ1v) is 10.5. The summed E-state index contributed by atoms with van der Waals surface area (Å²) in [6.07, 6.45) is 1.55. The predicted molar refractivity (Wildman–Crippen MR) is 98.8 cm³/mol. The molecule has 0 radical (unpaired) electrons. The number of carbonyl (C=O) groups excluding carboxylic acids is 2. The van der Waals surface area contributed by atoms with Gasteiger partial charge in [-0.3, -0.25) is 9.59 Å². The van der Waals surface area contributed by atoms with Crippen molar-refractivity contribution in [1.82, 2.24) is 14.9 Å². The van der Waals surface area contributed by atoms with Gasteiger partial charge in [0.05, 0.1) is 4.90 Å². The van der Waals surface area contributed by atoms with Crippen LogP contribution in [-0.2, 0) is 19.6 Å². The van der Waals surface area contributed by atoms with Crippen LogP contribution in [0.4, 0.5) is 4.39 Å². The zero-order valence-corrected chi connectivity index (χ0v) is 16.4. The molecule has 0 saturated carbocycles. The molecule has 1 aromatic carbocycles. The van der Waals surface area contributed by atoms with Gasteiger partial charge in [0.25, 0.3) is 0 Å². The molecular formula is C18H26FN3O4S. The number of amides is 2. The summed E-state index contributed by atoms with van der Waals surface area (Å²) in [5.74, 6) is -1.32. The number of nitrogens with zero attached hydrogens (tertiary/aromatic N) is 1. The number of carbonyl (C=O) groups is 2. The molecule has 1 fully saturated rings. The molecule has 2 N–H and O–H groups in total. The highest BCUT2D eigenvalue weighted by Gasteiger charge is 2.32. The molecule has 0 spiro atoms. The summed E-state index contributed by atoms with van der Waals surface area (Å²) in [5.41, 5.74) is 0. The number of nitrogens with one attached hydrogen (secondary N) is 2. The summed E-state index contributed by atoms with van der Waals surface area (Å²) in [4.78, 5) is 24.2.